The van der Waals surface area contributed by atoms with Gasteiger partial charge in [-0.1, -0.05) is 23.4 Å². The molecule has 8 nitrogen and oxygen atoms in total. The second-order valence-corrected chi connectivity index (χ2v) is 8.35. The summed E-state index contributed by atoms with van der Waals surface area (Å²) >= 11 is 0. The second kappa shape index (κ2) is 7.43. The Balaban J connectivity index is 1.36. The summed E-state index contributed by atoms with van der Waals surface area (Å²) in [6.45, 7) is 0.405. The molecule has 2 aromatic heterocycles. The average molecular weight is 398 g/mol. The predicted molar refractivity (Wildman–Crippen MR) is 103 cm³/mol. The number of carbonyl (C=O) groups excluding carboxylic acids is 1. The van der Waals surface area contributed by atoms with Crippen molar-refractivity contribution in [3.05, 3.63) is 66.1 Å². The number of anilines is 1. The fourth-order valence-corrected chi connectivity index (χ4v) is 4.55. The van der Waals surface area contributed by atoms with E-state index < -0.39 is 15.9 Å². The molecule has 3 heterocycles. The van der Waals surface area contributed by atoms with Gasteiger partial charge >= 0.3 is 0 Å². The topological polar surface area (TPSA) is 105 Å². The van der Waals surface area contributed by atoms with Crippen LogP contribution in [-0.2, 0) is 16.4 Å². The molecule has 4 rings (SSSR count). The zero-order valence-corrected chi connectivity index (χ0v) is 15.7. The van der Waals surface area contributed by atoms with Crippen LogP contribution in [0.2, 0.25) is 0 Å². The number of aromatic nitrogens is 2. The third-order valence-corrected chi connectivity index (χ3v) is 6.29. The number of fused-ring (bicyclic) bond motifs is 1. The van der Waals surface area contributed by atoms with E-state index in [0.717, 1.165) is 5.56 Å². The van der Waals surface area contributed by atoms with Crippen LogP contribution in [0.1, 0.15) is 16.1 Å². The molecule has 1 aliphatic rings. The zero-order chi connectivity index (χ0) is 19.6. The number of amides is 1. The van der Waals surface area contributed by atoms with Crippen molar-refractivity contribution in [2.24, 2.45) is 0 Å². The molecule has 28 heavy (non-hydrogen) atoms. The van der Waals surface area contributed by atoms with Crippen LogP contribution in [0.25, 0.3) is 11.3 Å². The molecule has 1 amide bonds. The smallest absolute Gasteiger partial charge is 0.273 e. The summed E-state index contributed by atoms with van der Waals surface area (Å²) in [6, 6.07) is 12.5. The van der Waals surface area contributed by atoms with E-state index in [1.807, 2.05) is 18.2 Å². The van der Waals surface area contributed by atoms with Crippen LogP contribution in [0.3, 0.4) is 0 Å². The lowest BCUT2D eigenvalue weighted by atomic mass is 10.2. The Kier molecular flexibility index (Phi) is 4.82. The Morgan fingerprint density at radius 1 is 1.21 bits per heavy atom. The van der Waals surface area contributed by atoms with Crippen molar-refractivity contribution < 1.29 is 17.7 Å². The molecule has 1 aliphatic heterocycles. The second-order valence-electron chi connectivity index (χ2n) is 6.34. The summed E-state index contributed by atoms with van der Waals surface area (Å²) < 4.78 is 31.8. The van der Waals surface area contributed by atoms with E-state index in [9.17, 15) is 13.2 Å². The lowest BCUT2D eigenvalue weighted by molar-refractivity contribution is 0.0947. The molecule has 1 N–H and O–H groups in total. The summed E-state index contributed by atoms with van der Waals surface area (Å²) in [5.41, 5.74) is 2.51. The van der Waals surface area contributed by atoms with Gasteiger partial charge in [-0.05, 0) is 30.2 Å². The van der Waals surface area contributed by atoms with E-state index in [-0.39, 0.29) is 18.0 Å². The SMILES string of the molecule is O=C(NCCS(=O)(=O)N1CCc2ccccc21)c1cc(-c2cccnc2)on1. The molecular weight excluding hydrogens is 380 g/mol. The molecular formula is C19H18N4O4S. The highest BCUT2D eigenvalue weighted by Crippen LogP contribution is 2.29. The number of para-hydroxylation sites is 1. The summed E-state index contributed by atoms with van der Waals surface area (Å²) in [5.74, 6) is -0.268. The van der Waals surface area contributed by atoms with E-state index in [1.165, 1.54) is 10.4 Å². The van der Waals surface area contributed by atoms with E-state index in [1.54, 1.807) is 30.6 Å². The van der Waals surface area contributed by atoms with Crippen molar-refractivity contribution in [3.63, 3.8) is 0 Å². The molecule has 0 bridgehead atoms. The predicted octanol–water partition coefficient (Wildman–Crippen LogP) is 1.86. The normalized spacial score (nSPS) is 13.4. The minimum absolute atomic E-state index is 0.0189. The largest absolute Gasteiger partial charge is 0.355 e. The molecule has 9 heteroatoms. The van der Waals surface area contributed by atoms with Crippen LogP contribution in [0.15, 0.2) is 59.4 Å². The summed E-state index contributed by atoms with van der Waals surface area (Å²) in [5, 5.41) is 6.32. The van der Waals surface area contributed by atoms with E-state index in [4.69, 9.17) is 4.52 Å². The Hall–Kier alpha value is -3.20. The molecule has 0 fully saturated rings. The van der Waals surface area contributed by atoms with Gasteiger partial charge in [0.15, 0.2) is 11.5 Å². The van der Waals surface area contributed by atoms with Gasteiger partial charge in [0.05, 0.1) is 11.4 Å². The zero-order valence-electron chi connectivity index (χ0n) is 14.9. The molecule has 0 aliphatic carbocycles. The molecule has 0 saturated carbocycles. The van der Waals surface area contributed by atoms with Gasteiger partial charge in [-0.2, -0.15) is 0 Å². The van der Waals surface area contributed by atoms with Crippen molar-refractivity contribution in [2.45, 2.75) is 6.42 Å². The van der Waals surface area contributed by atoms with Crippen LogP contribution in [0.4, 0.5) is 5.69 Å². The van der Waals surface area contributed by atoms with Gasteiger partial charge in [-0.25, -0.2) is 8.42 Å². The maximum atomic E-state index is 12.6. The lowest BCUT2D eigenvalue weighted by Gasteiger charge is -2.19. The Morgan fingerprint density at radius 2 is 2.07 bits per heavy atom. The molecule has 0 atom stereocenters. The maximum Gasteiger partial charge on any atom is 0.273 e. The third kappa shape index (κ3) is 3.61. The quantitative estimate of drug-likeness (QED) is 0.679. The van der Waals surface area contributed by atoms with Crippen molar-refractivity contribution >= 4 is 21.6 Å². The molecule has 144 valence electrons. The van der Waals surface area contributed by atoms with Crippen molar-refractivity contribution in [1.29, 1.82) is 0 Å². The number of pyridine rings is 1. The van der Waals surface area contributed by atoms with Crippen LogP contribution in [-0.4, -0.2) is 43.3 Å². The fourth-order valence-electron chi connectivity index (χ4n) is 3.12. The first-order valence-corrected chi connectivity index (χ1v) is 10.4. The Labute approximate surface area is 162 Å². The fraction of sp³-hybridized carbons (Fsp3) is 0.211. The summed E-state index contributed by atoms with van der Waals surface area (Å²) in [6.07, 6.45) is 3.92. The van der Waals surface area contributed by atoms with Crippen molar-refractivity contribution in [3.8, 4) is 11.3 Å². The number of carbonyl (C=O) groups is 1. The summed E-state index contributed by atoms with van der Waals surface area (Å²) in [4.78, 5) is 16.2. The average Bonchev–Trinajstić information content (AvgIpc) is 3.36. The van der Waals surface area contributed by atoms with Gasteiger partial charge in [-0.15, -0.1) is 0 Å². The standard InChI is InChI=1S/C19H18N4O4S/c24-19(16-12-18(27-22-16)15-5-3-8-20-13-15)21-9-11-28(25,26)23-10-7-14-4-1-2-6-17(14)23/h1-6,8,12-13H,7,9-11H2,(H,21,24). The van der Waals surface area contributed by atoms with E-state index in [2.05, 4.69) is 15.5 Å². The molecule has 3 aromatic rings. The Morgan fingerprint density at radius 3 is 2.89 bits per heavy atom. The molecule has 0 spiro atoms. The third-order valence-electron chi connectivity index (χ3n) is 4.51. The van der Waals surface area contributed by atoms with Crippen LogP contribution in [0, 0.1) is 0 Å². The lowest BCUT2D eigenvalue weighted by Crippen LogP contribution is -2.37. The highest BCUT2D eigenvalue weighted by molar-refractivity contribution is 7.92. The number of nitrogens with zero attached hydrogens (tertiary/aromatic N) is 3. The first kappa shape index (κ1) is 18.2. The highest BCUT2D eigenvalue weighted by Gasteiger charge is 2.28. The number of rotatable bonds is 6. The molecule has 0 saturated heterocycles. The van der Waals surface area contributed by atoms with Crippen LogP contribution < -0.4 is 9.62 Å². The van der Waals surface area contributed by atoms with Gasteiger partial charge in [0.25, 0.3) is 5.91 Å². The number of sulfonamides is 1. The molecule has 0 unspecified atom stereocenters. The van der Waals surface area contributed by atoms with Crippen molar-refractivity contribution in [2.75, 3.05) is 23.1 Å². The van der Waals surface area contributed by atoms with Gasteiger partial charge in [0.1, 0.15) is 0 Å². The van der Waals surface area contributed by atoms with E-state index >= 15 is 0 Å². The van der Waals surface area contributed by atoms with E-state index in [0.29, 0.717) is 30.0 Å². The molecule has 1 aromatic carbocycles. The maximum absolute atomic E-state index is 12.6. The highest BCUT2D eigenvalue weighted by atomic mass is 32.2. The van der Waals surface area contributed by atoms with Gasteiger partial charge in [0, 0.05) is 37.1 Å². The van der Waals surface area contributed by atoms with Gasteiger partial charge in [-0.3, -0.25) is 14.1 Å². The van der Waals surface area contributed by atoms with Crippen molar-refractivity contribution in [1.82, 2.24) is 15.5 Å². The van der Waals surface area contributed by atoms with Gasteiger partial charge in [0.2, 0.25) is 10.0 Å². The molecule has 0 radical (unpaired) electrons. The number of hydrogen-bond acceptors (Lipinski definition) is 6. The first-order chi connectivity index (χ1) is 13.5. The summed E-state index contributed by atoms with van der Waals surface area (Å²) in [7, 11) is -3.52. The number of nitrogens with one attached hydrogen (secondary N) is 1. The van der Waals surface area contributed by atoms with Crippen LogP contribution in [0.5, 0.6) is 0 Å². The Bertz CT molecular complexity index is 1100. The van der Waals surface area contributed by atoms with Crippen LogP contribution >= 0.6 is 0 Å². The van der Waals surface area contributed by atoms with Gasteiger partial charge < -0.3 is 9.84 Å². The minimum atomic E-state index is -3.52. The number of benzene rings is 1. The number of hydrogen-bond donors (Lipinski definition) is 1. The monoisotopic (exact) mass is 398 g/mol. The first-order valence-electron chi connectivity index (χ1n) is 8.78. The minimum Gasteiger partial charge on any atom is -0.355 e.